The molecule has 2 aromatic carbocycles. The first-order valence-electron chi connectivity index (χ1n) is 14.2. The molecule has 0 spiro atoms. The predicted octanol–water partition coefficient (Wildman–Crippen LogP) is 1.02. The van der Waals surface area contributed by atoms with Gasteiger partial charge in [-0.25, -0.2) is 0 Å². The second-order valence-electron chi connectivity index (χ2n) is 12.4. The second kappa shape index (κ2) is 9.91. The SMILES string of the molecule is CN1CCN(Cc2ccc3cc4c(c(O)c3c2)C(=O)C2=C(O)[C@]3(O)C(=O)C(C(N)=O)=C(O)[C@@H](N(C)C)[C@@H]3C[C@@H]2C4)CC1. The van der Waals surface area contributed by atoms with Crippen LogP contribution < -0.4 is 5.73 Å². The molecule has 0 aromatic heterocycles. The van der Waals surface area contributed by atoms with Crippen molar-refractivity contribution < 1.29 is 34.8 Å². The summed E-state index contributed by atoms with van der Waals surface area (Å²) in [7, 11) is 5.31. The third-order valence-electron chi connectivity index (χ3n) is 9.59. The van der Waals surface area contributed by atoms with Gasteiger partial charge in [-0.05, 0) is 62.5 Å². The zero-order valence-corrected chi connectivity index (χ0v) is 23.9. The van der Waals surface area contributed by atoms with Gasteiger partial charge in [-0.3, -0.25) is 24.2 Å². The largest absolute Gasteiger partial charge is 0.510 e. The number of carbonyl (C=O) groups is 3. The molecular weight excluding hydrogens is 540 g/mol. The van der Waals surface area contributed by atoms with Crippen molar-refractivity contribution in [1.82, 2.24) is 14.7 Å². The number of amides is 1. The van der Waals surface area contributed by atoms with Crippen LogP contribution in [0.2, 0.25) is 0 Å². The highest BCUT2D eigenvalue weighted by Gasteiger charge is 2.63. The van der Waals surface area contributed by atoms with Gasteiger partial charge in [0.2, 0.25) is 5.78 Å². The fourth-order valence-corrected chi connectivity index (χ4v) is 7.43. The van der Waals surface area contributed by atoms with Crippen LogP contribution in [-0.2, 0) is 22.6 Å². The van der Waals surface area contributed by atoms with Crippen molar-refractivity contribution in [2.75, 3.05) is 47.3 Å². The van der Waals surface area contributed by atoms with Gasteiger partial charge in [0.1, 0.15) is 22.8 Å². The van der Waals surface area contributed by atoms with Crippen LogP contribution in [0.5, 0.6) is 5.75 Å². The third-order valence-corrected chi connectivity index (χ3v) is 9.59. The number of likely N-dealkylation sites (N-methyl/N-ethyl adjacent to an activating group) is 2. The summed E-state index contributed by atoms with van der Waals surface area (Å²) in [5.74, 6) is -6.45. The standard InChI is InChI=1S/C31H36N4O7/c1-33(2)24-20-13-18-12-17-11-16-5-4-15(14-35-8-6-34(3)7-9-35)10-19(16)25(36)21(17)26(37)22(18)28(39)31(20,42)29(40)23(27(24)38)30(32)41/h4-5,10-11,18,20,24,36,38-39,42H,6-9,12-14H2,1-3H3,(H2,32,41)/t18-,20-,24-,31-/m0/s1. The van der Waals surface area contributed by atoms with E-state index >= 15 is 0 Å². The lowest BCUT2D eigenvalue weighted by atomic mass is 9.58. The molecule has 0 radical (unpaired) electrons. The van der Waals surface area contributed by atoms with Gasteiger partial charge < -0.3 is 31.1 Å². The zero-order chi connectivity index (χ0) is 30.2. The molecule has 6 N–H and O–H groups in total. The number of carbonyl (C=O) groups excluding carboxylic acids is 3. The fraction of sp³-hybridized carbons (Fsp3) is 0.452. The number of rotatable bonds is 4. The number of aromatic hydroxyl groups is 1. The van der Waals surface area contributed by atoms with Crippen molar-refractivity contribution in [3.63, 3.8) is 0 Å². The number of hydrogen-bond donors (Lipinski definition) is 5. The number of phenolic OH excluding ortho intramolecular Hbond substituents is 1. The topological polar surface area (TPSA) is 168 Å². The Morgan fingerprint density at radius 1 is 1.10 bits per heavy atom. The van der Waals surface area contributed by atoms with Crippen LogP contribution in [0.4, 0.5) is 0 Å². The van der Waals surface area contributed by atoms with Gasteiger partial charge >= 0.3 is 0 Å². The van der Waals surface area contributed by atoms with E-state index in [1.807, 2.05) is 24.3 Å². The van der Waals surface area contributed by atoms with Crippen LogP contribution in [0, 0.1) is 11.8 Å². The van der Waals surface area contributed by atoms with Gasteiger partial charge in [-0.2, -0.15) is 0 Å². The van der Waals surface area contributed by atoms with Crippen LogP contribution in [0.25, 0.3) is 10.8 Å². The summed E-state index contributed by atoms with van der Waals surface area (Å²) in [6.07, 6.45) is 0.329. The molecule has 0 bridgehead atoms. The van der Waals surface area contributed by atoms with Gasteiger partial charge in [0, 0.05) is 49.6 Å². The summed E-state index contributed by atoms with van der Waals surface area (Å²) in [6.45, 7) is 4.51. The third kappa shape index (κ3) is 4.06. The van der Waals surface area contributed by atoms with E-state index in [4.69, 9.17) is 5.73 Å². The summed E-state index contributed by atoms with van der Waals surface area (Å²) >= 11 is 0. The van der Waals surface area contributed by atoms with Gasteiger partial charge in [0.05, 0.1) is 11.6 Å². The second-order valence-corrected chi connectivity index (χ2v) is 12.4. The first-order valence-corrected chi connectivity index (χ1v) is 14.2. The quantitative estimate of drug-likeness (QED) is 0.332. The monoisotopic (exact) mass is 576 g/mol. The number of allylic oxidation sites excluding steroid dienone is 1. The summed E-state index contributed by atoms with van der Waals surface area (Å²) in [4.78, 5) is 45.8. The molecule has 0 unspecified atom stereocenters. The number of benzene rings is 2. The van der Waals surface area contributed by atoms with Gasteiger partial charge in [0.25, 0.3) is 5.91 Å². The van der Waals surface area contributed by atoms with Gasteiger partial charge in [0.15, 0.2) is 11.4 Å². The molecule has 1 saturated heterocycles. The van der Waals surface area contributed by atoms with Gasteiger partial charge in [-0.15, -0.1) is 0 Å². The summed E-state index contributed by atoms with van der Waals surface area (Å²) in [6, 6.07) is 6.69. The Balaban J connectivity index is 1.43. The lowest BCUT2D eigenvalue weighted by Gasteiger charge is -2.50. The van der Waals surface area contributed by atoms with E-state index in [-0.39, 0.29) is 29.7 Å². The molecule has 42 heavy (non-hydrogen) atoms. The fourth-order valence-electron chi connectivity index (χ4n) is 7.43. The van der Waals surface area contributed by atoms with Gasteiger partial charge in [-0.1, -0.05) is 18.2 Å². The van der Waals surface area contributed by atoms with E-state index in [1.165, 1.54) is 4.90 Å². The molecule has 1 fully saturated rings. The molecule has 6 rings (SSSR count). The maximum absolute atomic E-state index is 14.0. The Labute approximate surface area is 243 Å². The van der Waals surface area contributed by atoms with Crippen molar-refractivity contribution in [1.29, 1.82) is 0 Å². The minimum atomic E-state index is -2.65. The highest BCUT2D eigenvalue weighted by molar-refractivity contribution is 6.25. The van der Waals surface area contributed by atoms with Crippen molar-refractivity contribution in [2.45, 2.75) is 31.0 Å². The van der Waals surface area contributed by atoms with Crippen LogP contribution in [0.15, 0.2) is 46.9 Å². The minimum Gasteiger partial charge on any atom is -0.510 e. The molecule has 3 aliphatic carbocycles. The molecule has 11 heteroatoms. The van der Waals surface area contributed by atoms with Crippen LogP contribution in [-0.4, -0.2) is 112 Å². The smallest absolute Gasteiger partial charge is 0.255 e. The Hall–Kier alpha value is -3.77. The summed E-state index contributed by atoms with van der Waals surface area (Å²) in [5, 5.41) is 46.9. The number of piperazine rings is 1. The number of nitrogens with two attached hydrogens (primary N) is 1. The molecule has 1 aliphatic heterocycles. The van der Waals surface area contributed by atoms with Crippen molar-refractivity contribution >= 4 is 28.2 Å². The van der Waals surface area contributed by atoms with E-state index in [9.17, 15) is 34.8 Å². The number of ketones is 2. The molecule has 4 aliphatic rings. The van der Waals surface area contributed by atoms with E-state index in [0.717, 1.165) is 37.1 Å². The molecule has 1 amide bonds. The Kier molecular flexibility index (Phi) is 6.69. The number of primary amides is 1. The minimum absolute atomic E-state index is 0.0278. The Bertz CT molecular complexity index is 1600. The average molecular weight is 577 g/mol. The highest BCUT2D eigenvalue weighted by Crippen LogP contribution is 2.52. The highest BCUT2D eigenvalue weighted by atomic mass is 16.3. The first-order chi connectivity index (χ1) is 19.8. The number of phenols is 1. The van der Waals surface area contributed by atoms with Crippen molar-refractivity contribution in [2.24, 2.45) is 17.6 Å². The van der Waals surface area contributed by atoms with E-state index in [1.54, 1.807) is 14.1 Å². The number of aliphatic hydroxyl groups excluding tert-OH is 2. The molecule has 222 valence electrons. The van der Waals surface area contributed by atoms with E-state index < -0.39 is 58.0 Å². The van der Waals surface area contributed by atoms with Crippen LogP contribution in [0.1, 0.15) is 27.9 Å². The van der Waals surface area contributed by atoms with Crippen molar-refractivity contribution in [3.05, 3.63) is 63.6 Å². The van der Waals surface area contributed by atoms with Crippen molar-refractivity contribution in [3.8, 4) is 5.75 Å². The number of hydrogen-bond acceptors (Lipinski definition) is 10. The zero-order valence-electron chi connectivity index (χ0n) is 23.9. The molecule has 4 atom stereocenters. The Morgan fingerprint density at radius 2 is 1.79 bits per heavy atom. The first kappa shape index (κ1) is 28.4. The molecular formula is C31H36N4O7. The van der Waals surface area contributed by atoms with E-state index in [0.29, 0.717) is 17.5 Å². The molecule has 0 saturated carbocycles. The van der Waals surface area contributed by atoms with E-state index in [2.05, 4.69) is 16.8 Å². The number of Topliss-reactive ketones (excluding diaryl/α,β-unsaturated/α-hetero) is 2. The lowest BCUT2D eigenvalue weighted by Crippen LogP contribution is -2.63. The molecule has 1 heterocycles. The van der Waals surface area contributed by atoms with Crippen LogP contribution >= 0.6 is 0 Å². The predicted molar refractivity (Wildman–Crippen MR) is 154 cm³/mol. The van der Waals surface area contributed by atoms with Crippen LogP contribution in [0.3, 0.4) is 0 Å². The average Bonchev–Trinajstić information content (AvgIpc) is 2.92. The number of aliphatic hydroxyl groups is 3. The molecule has 2 aromatic rings. The summed E-state index contributed by atoms with van der Waals surface area (Å²) < 4.78 is 0. The maximum Gasteiger partial charge on any atom is 0.255 e. The number of fused-ring (bicyclic) bond motifs is 4. The lowest BCUT2D eigenvalue weighted by molar-refractivity contribution is -0.148. The molecule has 11 nitrogen and oxygen atoms in total. The summed E-state index contributed by atoms with van der Waals surface area (Å²) in [5.41, 5.74) is 3.41. The number of nitrogens with zero attached hydrogens (tertiary/aromatic N) is 3. The maximum atomic E-state index is 14.0. The normalized spacial score (nSPS) is 28.7. The Morgan fingerprint density at radius 3 is 2.43 bits per heavy atom.